The maximum absolute atomic E-state index is 10.4. The summed E-state index contributed by atoms with van der Waals surface area (Å²) >= 11 is 12.8. The molecule has 124 heavy (non-hydrogen) atoms. The fraction of sp³-hybridized carbons (Fsp3) is 0.489. The van der Waals surface area contributed by atoms with E-state index in [-0.39, 0.29) is 24.4 Å². The van der Waals surface area contributed by atoms with Crippen molar-refractivity contribution in [3.8, 4) is 23.0 Å². The van der Waals surface area contributed by atoms with Crippen LogP contribution in [-0.2, 0) is 63.6 Å². The summed E-state index contributed by atoms with van der Waals surface area (Å²) in [6, 6.07) is 53.5. The zero-order valence-corrected chi connectivity index (χ0v) is 70.5. The molecule has 0 amide bonds. The largest absolute Gasteiger partial charge is 0.488 e. The van der Waals surface area contributed by atoms with E-state index >= 15 is 0 Å². The fourth-order valence-corrected chi connectivity index (χ4v) is 16.6. The second kappa shape index (κ2) is 44.5. The number of ether oxygens (including phenoxy) is 12. The van der Waals surface area contributed by atoms with Crippen molar-refractivity contribution in [1.29, 1.82) is 0 Å². The average molecular weight is 1760 g/mol. The van der Waals surface area contributed by atoms with Gasteiger partial charge in [0.2, 0.25) is 0 Å². The third-order valence-electron chi connectivity index (χ3n) is 23.8. The van der Waals surface area contributed by atoms with Gasteiger partial charge in [0.05, 0.1) is 79.3 Å². The summed E-state index contributed by atoms with van der Waals surface area (Å²) in [5, 5.41) is 161. The van der Waals surface area contributed by atoms with Gasteiger partial charge in [-0.3, -0.25) is 0 Å². The molecule has 24 atom stereocenters. The molecule has 30 heteroatoms. The Morgan fingerprint density at radius 1 is 0.274 bits per heavy atom. The molecule has 0 saturated carbocycles. The molecule has 8 heterocycles. The second-order valence-electron chi connectivity index (χ2n) is 32.8. The highest BCUT2D eigenvalue weighted by Crippen LogP contribution is 2.40. The lowest BCUT2D eigenvalue weighted by atomic mass is 9.89. The predicted octanol–water partition coefficient (Wildman–Crippen LogP) is 5.76. The molecule has 0 unspecified atom stereocenters. The summed E-state index contributed by atoms with van der Waals surface area (Å²) < 4.78 is 67.7. The Morgan fingerprint density at radius 2 is 0.492 bits per heavy atom. The predicted molar refractivity (Wildman–Crippen MR) is 453 cm³/mol. The van der Waals surface area contributed by atoms with Gasteiger partial charge in [0, 0.05) is 35.7 Å². The standard InChI is InChI=1S/2C24H30O7.2C23H27ClO7/c2*1-14-2-5-16(24-23(28)22(27)21(26)20(12-25)31-24)11-17(14)10-15-3-6-18(7-4-15)30-19-8-9-29-13-19;2*24-18-6-3-14(23-22(28)21(27)20(26)19(11-25)31-23)10-15(18)9-13-1-4-16(5-2-13)30-17-7-8-29-12-17/h2*2-7,11,19-28H,8-10,12-13H2,1H3;2*1-6,10,17,19-23,25-28H,7-9,11-12H2/t19-,20+,21+,22-,23+,24-;19-,20-,21-,22+,23-,24+;17-,19+,20+,21-,22+,23-;17-,19-,20-,21+,22-,23+/m0101/s1. The Hall–Kier alpha value is -7.42. The summed E-state index contributed by atoms with van der Waals surface area (Å²) in [7, 11) is 0. The van der Waals surface area contributed by atoms with Gasteiger partial charge in [0.15, 0.2) is 0 Å². The van der Waals surface area contributed by atoms with Crippen LogP contribution in [0, 0.1) is 13.8 Å². The molecular formula is C94H114Cl2O28. The van der Waals surface area contributed by atoms with Crippen molar-refractivity contribution in [2.75, 3.05) is 79.3 Å². The van der Waals surface area contributed by atoms with E-state index in [2.05, 4.69) is 0 Å². The first kappa shape index (κ1) is 94.2. The SMILES string of the molecule is Cc1ccc([C@@H]2O[C@H](CO)[C@@H](O)[C@H](O)[C@H]2O)cc1Cc1ccc(O[C@@H]2CCOC2)cc1.Cc1ccc([C@@H]2O[C@H](CO)[C@@H](O)[C@H](O)[C@H]2O)cc1Cc1ccc(O[C@H]2CCOC2)cc1.OC[C@H]1O[C@@H](c2ccc(Cl)c(Cc3ccc(O[C@@H]4CCOC4)cc3)c2)[C@H](O)[C@@H](O)[C@@H]1O.OC[C@H]1O[C@@H](c2ccc(Cl)c(Cc3ccc(O[C@H]4CCOC4)cc3)c2)[C@H](O)[C@@H](O)[C@@H]1O. The molecule has 16 rings (SSSR count). The van der Waals surface area contributed by atoms with Gasteiger partial charge in [-0.15, -0.1) is 0 Å². The first-order valence-corrected chi connectivity index (χ1v) is 42.9. The molecule has 8 aliphatic rings. The van der Waals surface area contributed by atoms with E-state index in [0.717, 1.165) is 131 Å². The topological polar surface area (TPSA) is 434 Å². The summed E-state index contributed by atoms with van der Waals surface area (Å²) in [6.45, 7) is 7.64. The molecule has 0 aliphatic carbocycles. The Kier molecular flexibility index (Phi) is 33.8. The van der Waals surface area contributed by atoms with Crippen molar-refractivity contribution in [3.05, 3.63) is 258 Å². The summed E-state index contributed by atoms with van der Waals surface area (Å²) in [6.07, 6.45) is -17.1. The van der Waals surface area contributed by atoms with Crippen LogP contribution in [0.5, 0.6) is 23.0 Å². The molecular weight excluding hydrogens is 1650 g/mol. The molecule has 8 aliphatic heterocycles. The van der Waals surface area contributed by atoms with Crippen molar-refractivity contribution < 1.29 is 139 Å². The third kappa shape index (κ3) is 23.9. The summed E-state index contributed by atoms with van der Waals surface area (Å²) in [4.78, 5) is 0. The van der Waals surface area contributed by atoms with E-state index in [1.807, 2.05) is 159 Å². The van der Waals surface area contributed by atoms with E-state index < -0.39 is 149 Å². The summed E-state index contributed by atoms with van der Waals surface area (Å²) in [5.41, 5.74) is 12.9. The number of aliphatic hydroxyl groups excluding tert-OH is 16. The van der Waals surface area contributed by atoms with E-state index in [4.69, 9.17) is 80.0 Å². The van der Waals surface area contributed by atoms with Gasteiger partial charge in [-0.05, 0) is 178 Å². The van der Waals surface area contributed by atoms with Crippen LogP contribution < -0.4 is 18.9 Å². The van der Waals surface area contributed by atoms with Gasteiger partial charge in [-0.2, -0.15) is 0 Å². The highest BCUT2D eigenvalue weighted by molar-refractivity contribution is 6.31. The molecule has 0 spiro atoms. The Morgan fingerprint density at radius 3 is 0.710 bits per heavy atom. The third-order valence-corrected chi connectivity index (χ3v) is 24.5. The Labute approximate surface area is 729 Å². The lowest BCUT2D eigenvalue weighted by molar-refractivity contribution is -0.231. The number of benzene rings is 8. The first-order chi connectivity index (χ1) is 59.8. The van der Waals surface area contributed by atoms with Crippen molar-refractivity contribution in [3.63, 3.8) is 0 Å². The molecule has 16 N–H and O–H groups in total. The minimum absolute atomic E-state index is 0.0931. The monoisotopic (exact) mass is 1760 g/mol. The minimum Gasteiger partial charge on any atom is -0.488 e. The molecule has 8 aromatic rings. The van der Waals surface area contributed by atoms with Gasteiger partial charge >= 0.3 is 0 Å². The smallest absolute Gasteiger partial charge is 0.124 e. The first-order valence-electron chi connectivity index (χ1n) is 42.1. The van der Waals surface area contributed by atoms with Crippen LogP contribution in [0.25, 0.3) is 0 Å². The van der Waals surface area contributed by atoms with Crippen LogP contribution in [-0.4, -0.2) is 283 Å². The van der Waals surface area contributed by atoms with Gasteiger partial charge < -0.3 is 139 Å². The molecule has 0 bridgehead atoms. The van der Waals surface area contributed by atoms with E-state index in [0.29, 0.717) is 84.4 Å². The lowest BCUT2D eigenvalue weighted by Crippen LogP contribution is -2.55. The van der Waals surface area contributed by atoms with Crippen molar-refractivity contribution in [2.24, 2.45) is 0 Å². The van der Waals surface area contributed by atoms with Crippen molar-refractivity contribution >= 4 is 23.2 Å². The van der Waals surface area contributed by atoms with Crippen LogP contribution in [0.3, 0.4) is 0 Å². The highest BCUT2D eigenvalue weighted by atomic mass is 35.5. The number of rotatable bonds is 24. The van der Waals surface area contributed by atoms with Crippen molar-refractivity contribution in [1.82, 2.24) is 0 Å². The summed E-state index contributed by atoms with van der Waals surface area (Å²) in [5.74, 6) is 3.23. The molecule has 8 aromatic carbocycles. The second-order valence-corrected chi connectivity index (χ2v) is 33.6. The number of hydrogen-bond acceptors (Lipinski definition) is 28. The Bertz CT molecular complexity index is 4040. The number of hydrogen-bond donors (Lipinski definition) is 16. The number of halogens is 2. The van der Waals surface area contributed by atoms with Crippen LogP contribution in [0.4, 0.5) is 0 Å². The van der Waals surface area contributed by atoms with Gasteiger partial charge in [0.25, 0.3) is 0 Å². The molecule has 0 radical (unpaired) electrons. The molecule has 672 valence electrons. The highest BCUT2D eigenvalue weighted by Gasteiger charge is 2.48. The molecule has 0 aromatic heterocycles. The quantitative estimate of drug-likeness (QED) is 0.0342. The normalized spacial score (nSPS) is 31.0. The molecule has 8 fully saturated rings. The van der Waals surface area contributed by atoms with Gasteiger partial charge in [-0.1, -0.05) is 132 Å². The minimum atomic E-state index is -1.42. The number of aliphatic hydroxyl groups is 16. The van der Waals surface area contributed by atoms with Crippen LogP contribution in [0.2, 0.25) is 10.0 Å². The van der Waals surface area contributed by atoms with Crippen molar-refractivity contribution in [2.45, 2.75) is 212 Å². The van der Waals surface area contributed by atoms with E-state index in [1.165, 1.54) is 0 Å². The van der Waals surface area contributed by atoms with Crippen LogP contribution >= 0.6 is 23.2 Å². The average Bonchev–Trinajstić information content (AvgIpc) is 0.932. The van der Waals surface area contributed by atoms with Gasteiger partial charge in [-0.25, -0.2) is 0 Å². The maximum Gasteiger partial charge on any atom is 0.124 e. The van der Waals surface area contributed by atoms with Gasteiger partial charge in [0.1, 0.15) is 169 Å². The van der Waals surface area contributed by atoms with E-state index in [1.54, 1.807) is 24.3 Å². The fourth-order valence-electron chi connectivity index (χ4n) is 16.3. The lowest BCUT2D eigenvalue weighted by Gasteiger charge is -2.40. The molecule has 28 nitrogen and oxygen atoms in total. The molecule has 8 saturated heterocycles. The van der Waals surface area contributed by atoms with Crippen LogP contribution in [0.15, 0.2) is 170 Å². The zero-order chi connectivity index (χ0) is 87.8. The number of aryl methyl sites for hydroxylation is 2. The van der Waals surface area contributed by atoms with Crippen LogP contribution in [0.1, 0.15) is 128 Å². The maximum atomic E-state index is 10.4. The Balaban J connectivity index is 0.000000142. The van der Waals surface area contributed by atoms with E-state index in [9.17, 15) is 81.7 Å². The zero-order valence-electron chi connectivity index (χ0n) is 69.0.